The molecule has 0 saturated heterocycles. The van der Waals surface area contributed by atoms with Gasteiger partial charge in [0.15, 0.2) is 5.82 Å². The van der Waals surface area contributed by atoms with Crippen molar-refractivity contribution in [3.05, 3.63) is 54.0 Å². The molecule has 0 aliphatic carbocycles. The van der Waals surface area contributed by atoms with E-state index in [-0.39, 0.29) is 5.56 Å². The van der Waals surface area contributed by atoms with Crippen molar-refractivity contribution in [2.24, 2.45) is 7.05 Å². The second-order valence-corrected chi connectivity index (χ2v) is 3.47. The van der Waals surface area contributed by atoms with Gasteiger partial charge in [-0.3, -0.25) is 0 Å². The largest absolute Gasteiger partial charge is 0.215 e. The minimum atomic E-state index is -0.665. The molecule has 0 aliphatic heterocycles. The fourth-order valence-corrected chi connectivity index (χ4v) is 1.55. The predicted octanol–water partition coefficient (Wildman–Crippen LogP) is 2.60. The molecule has 1 aromatic carbocycles. The molecule has 0 radical (unpaired) electrons. The predicted molar refractivity (Wildman–Crippen MR) is 52.9 cm³/mol. The molecule has 4 heteroatoms. The molecule has 0 saturated carbocycles. The zero-order chi connectivity index (χ0) is 11.7. The van der Waals surface area contributed by atoms with Crippen molar-refractivity contribution in [3.8, 4) is 11.3 Å². The quantitative estimate of drug-likeness (QED) is 0.655. The van der Waals surface area contributed by atoms with Crippen LogP contribution in [0.2, 0.25) is 0 Å². The molecule has 1 nitrogen and oxygen atoms in total. The second kappa shape index (κ2) is 3.96. The minimum absolute atomic E-state index is 0.240. The van der Waals surface area contributed by atoms with E-state index < -0.39 is 17.5 Å². The Morgan fingerprint density at radius 1 is 0.938 bits per heavy atom. The summed E-state index contributed by atoms with van der Waals surface area (Å²) in [7, 11) is 1.60. The Kier molecular flexibility index (Phi) is 2.64. The second-order valence-electron chi connectivity index (χ2n) is 3.47. The molecule has 0 N–H and O–H groups in total. The normalized spacial score (nSPS) is 10.5. The van der Waals surface area contributed by atoms with Gasteiger partial charge in [0.25, 0.3) is 0 Å². The maximum atomic E-state index is 13.5. The number of halogens is 3. The number of hydrogen-bond donors (Lipinski definition) is 0. The van der Waals surface area contributed by atoms with E-state index in [0.29, 0.717) is 5.69 Å². The Labute approximate surface area is 90.8 Å². The molecule has 1 heterocycles. The molecule has 0 fully saturated rings. The topological polar surface area (TPSA) is 3.88 Å². The minimum Gasteiger partial charge on any atom is -0.207 e. The van der Waals surface area contributed by atoms with Gasteiger partial charge in [-0.2, -0.15) is 4.57 Å². The monoisotopic (exact) mass is 224 g/mol. The fraction of sp³-hybridized carbons (Fsp3) is 0.0833. The summed E-state index contributed by atoms with van der Waals surface area (Å²) in [5, 5.41) is 0. The lowest BCUT2D eigenvalue weighted by Crippen LogP contribution is -2.31. The first kappa shape index (κ1) is 10.7. The van der Waals surface area contributed by atoms with Gasteiger partial charge in [0.1, 0.15) is 18.7 Å². The first-order chi connectivity index (χ1) is 7.58. The Morgan fingerprint density at radius 2 is 1.62 bits per heavy atom. The van der Waals surface area contributed by atoms with E-state index in [0.717, 1.165) is 6.07 Å². The van der Waals surface area contributed by atoms with E-state index in [1.165, 1.54) is 35.0 Å². The molecule has 0 bridgehead atoms. The molecular weight excluding hydrogens is 215 g/mol. The highest BCUT2D eigenvalue weighted by Crippen LogP contribution is 2.20. The summed E-state index contributed by atoms with van der Waals surface area (Å²) in [5.74, 6) is -1.71. The maximum absolute atomic E-state index is 13.5. The van der Waals surface area contributed by atoms with Crippen LogP contribution in [0.3, 0.4) is 0 Å². The van der Waals surface area contributed by atoms with Gasteiger partial charge >= 0.3 is 0 Å². The summed E-state index contributed by atoms with van der Waals surface area (Å²) in [4.78, 5) is 0. The number of aryl methyl sites for hydroxylation is 1. The molecule has 16 heavy (non-hydrogen) atoms. The Morgan fingerprint density at radius 3 is 2.25 bits per heavy atom. The lowest BCUT2D eigenvalue weighted by molar-refractivity contribution is -0.662. The highest BCUT2D eigenvalue weighted by Gasteiger charge is 2.15. The van der Waals surface area contributed by atoms with E-state index in [2.05, 4.69) is 0 Å². The average molecular weight is 224 g/mol. The van der Waals surface area contributed by atoms with Crippen LogP contribution in [-0.2, 0) is 7.05 Å². The van der Waals surface area contributed by atoms with E-state index in [4.69, 9.17) is 0 Å². The van der Waals surface area contributed by atoms with E-state index in [1.807, 2.05) is 0 Å². The molecule has 0 atom stereocenters. The summed E-state index contributed by atoms with van der Waals surface area (Å²) in [6.07, 6.45) is 1.23. The van der Waals surface area contributed by atoms with Crippen molar-refractivity contribution in [2.45, 2.75) is 0 Å². The number of benzene rings is 1. The van der Waals surface area contributed by atoms with Crippen LogP contribution in [0.5, 0.6) is 0 Å². The average Bonchev–Trinajstić information content (AvgIpc) is 2.19. The maximum Gasteiger partial charge on any atom is 0.215 e. The first-order valence-electron chi connectivity index (χ1n) is 4.68. The Hall–Kier alpha value is -1.84. The molecular formula is C12H9F3N+. The molecule has 0 unspecified atom stereocenters. The lowest BCUT2D eigenvalue weighted by Gasteiger charge is -2.01. The van der Waals surface area contributed by atoms with Gasteiger partial charge in [-0.25, -0.2) is 13.2 Å². The van der Waals surface area contributed by atoms with E-state index >= 15 is 0 Å². The van der Waals surface area contributed by atoms with E-state index in [9.17, 15) is 13.2 Å². The highest BCUT2D eigenvalue weighted by atomic mass is 19.1. The van der Waals surface area contributed by atoms with Gasteiger partial charge in [0.05, 0.1) is 5.56 Å². The molecule has 0 amide bonds. The zero-order valence-electron chi connectivity index (χ0n) is 8.55. The third kappa shape index (κ3) is 1.91. The molecule has 0 spiro atoms. The highest BCUT2D eigenvalue weighted by molar-refractivity contribution is 5.56. The first-order valence-corrected chi connectivity index (χ1v) is 4.68. The van der Waals surface area contributed by atoms with Crippen LogP contribution in [0.15, 0.2) is 36.5 Å². The van der Waals surface area contributed by atoms with Crippen LogP contribution in [0, 0.1) is 17.5 Å². The third-order valence-electron chi connectivity index (χ3n) is 2.30. The zero-order valence-corrected chi connectivity index (χ0v) is 8.55. The third-order valence-corrected chi connectivity index (χ3v) is 2.30. The summed E-state index contributed by atoms with van der Waals surface area (Å²) in [6.45, 7) is 0. The lowest BCUT2D eigenvalue weighted by atomic mass is 10.1. The number of hydrogen-bond acceptors (Lipinski definition) is 0. The summed E-state index contributed by atoms with van der Waals surface area (Å²) in [6, 6.07) is 5.99. The number of nitrogens with zero attached hydrogens (tertiary/aromatic N) is 1. The van der Waals surface area contributed by atoms with Crippen LogP contribution < -0.4 is 4.57 Å². The smallest absolute Gasteiger partial charge is 0.207 e. The Bertz CT molecular complexity index is 488. The fourth-order valence-electron chi connectivity index (χ4n) is 1.55. The van der Waals surface area contributed by atoms with Crippen LogP contribution in [0.25, 0.3) is 11.3 Å². The van der Waals surface area contributed by atoms with Gasteiger partial charge in [-0.05, 0) is 18.2 Å². The van der Waals surface area contributed by atoms with Crippen molar-refractivity contribution < 1.29 is 17.7 Å². The van der Waals surface area contributed by atoms with Crippen LogP contribution in [0.4, 0.5) is 13.2 Å². The van der Waals surface area contributed by atoms with Crippen molar-refractivity contribution in [1.82, 2.24) is 0 Å². The van der Waals surface area contributed by atoms with Gasteiger partial charge < -0.3 is 0 Å². The molecule has 1 aromatic heterocycles. The van der Waals surface area contributed by atoms with Crippen molar-refractivity contribution >= 4 is 0 Å². The summed E-state index contributed by atoms with van der Waals surface area (Å²) in [5.41, 5.74) is 0.725. The Balaban J connectivity index is 2.59. The van der Waals surface area contributed by atoms with Gasteiger partial charge in [-0.1, -0.05) is 0 Å². The summed E-state index contributed by atoms with van der Waals surface area (Å²) >= 11 is 0. The van der Waals surface area contributed by atoms with E-state index in [1.54, 1.807) is 7.05 Å². The standard InChI is InChI=1S/C12H9F3N/c1-16-7-9(14)3-5-12(16)10-4-2-8(13)6-11(10)15/h2-7H,1H3/q+1. The SMILES string of the molecule is C[n+]1cc(F)ccc1-c1ccc(F)cc1F. The molecule has 2 rings (SSSR count). The van der Waals surface area contributed by atoms with Gasteiger partial charge in [-0.15, -0.1) is 0 Å². The number of rotatable bonds is 1. The van der Waals surface area contributed by atoms with Gasteiger partial charge in [0.2, 0.25) is 11.9 Å². The van der Waals surface area contributed by atoms with Crippen LogP contribution in [0.1, 0.15) is 0 Å². The van der Waals surface area contributed by atoms with Gasteiger partial charge in [0, 0.05) is 12.1 Å². The van der Waals surface area contributed by atoms with Crippen molar-refractivity contribution in [2.75, 3.05) is 0 Å². The van der Waals surface area contributed by atoms with Crippen LogP contribution >= 0.6 is 0 Å². The van der Waals surface area contributed by atoms with Crippen molar-refractivity contribution in [3.63, 3.8) is 0 Å². The summed E-state index contributed by atoms with van der Waals surface area (Å²) < 4.78 is 40.5. The number of aromatic nitrogens is 1. The van der Waals surface area contributed by atoms with Crippen molar-refractivity contribution in [1.29, 1.82) is 0 Å². The molecule has 2 aromatic rings. The molecule has 82 valence electrons. The number of pyridine rings is 1. The molecule has 0 aliphatic rings. The van der Waals surface area contributed by atoms with Crippen LogP contribution in [-0.4, -0.2) is 0 Å².